The first-order valence-corrected chi connectivity index (χ1v) is 5.67. The summed E-state index contributed by atoms with van der Waals surface area (Å²) in [6.45, 7) is 0. The highest BCUT2D eigenvalue weighted by Crippen LogP contribution is 2.39. The van der Waals surface area contributed by atoms with Crippen LogP contribution in [-0.4, -0.2) is 5.91 Å². The number of halogens is 3. The number of primary amides is 1. The van der Waals surface area contributed by atoms with E-state index in [0.29, 0.717) is 0 Å². The number of hydrogen-bond donors (Lipinski definition) is 2. The molecule has 0 fully saturated rings. The summed E-state index contributed by atoms with van der Waals surface area (Å²) in [7, 11) is 0. The van der Waals surface area contributed by atoms with Gasteiger partial charge in [0, 0.05) is 5.56 Å². The molecule has 104 valence electrons. The van der Waals surface area contributed by atoms with Crippen LogP contribution in [0.5, 0.6) is 0 Å². The molecule has 0 unspecified atom stereocenters. The maximum atomic E-state index is 13.0. The number of alkyl halides is 3. The summed E-state index contributed by atoms with van der Waals surface area (Å²) in [6.07, 6.45) is -4.51. The minimum atomic E-state index is -4.51. The third-order valence-electron chi connectivity index (χ3n) is 2.89. The van der Waals surface area contributed by atoms with Crippen molar-refractivity contribution in [1.29, 1.82) is 0 Å². The van der Waals surface area contributed by atoms with Gasteiger partial charge in [0.1, 0.15) is 0 Å². The van der Waals surface area contributed by atoms with Crippen LogP contribution in [0.4, 0.5) is 18.9 Å². The largest absolute Gasteiger partial charge is 0.417 e. The first-order chi connectivity index (χ1) is 9.32. The molecule has 3 nitrogen and oxygen atoms in total. The lowest BCUT2D eigenvalue weighted by atomic mass is 9.95. The van der Waals surface area contributed by atoms with E-state index in [1.165, 1.54) is 36.4 Å². The van der Waals surface area contributed by atoms with E-state index in [4.69, 9.17) is 11.5 Å². The molecule has 4 N–H and O–H groups in total. The molecule has 0 aliphatic heterocycles. The molecule has 0 aliphatic rings. The van der Waals surface area contributed by atoms with Crippen molar-refractivity contribution in [3.05, 3.63) is 53.6 Å². The number of carbonyl (C=O) groups excluding carboxylic acids is 1. The maximum Gasteiger partial charge on any atom is 0.417 e. The van der Waals surface area contributed by atoms with Gasteiger partial charge in [-0.05, 0) is 17.7 Å². The normalized spacial score (nSPS) is 11.3. The van der Waals surface area contributed by atoms with Crippen LogP contribution >= 0.6 is 0 Å². The van der Waals surface area contributed by atoms with Crippen molar-refractivity contribution in [2.75, 3.05) is 5.73 Å². The fourth-order valence-corrected chi connectivity index (χ4v) is 1.98. The van der Waals surface area contributed by atoms with Crippen molar-refractivity contribution in [2.24, 2.45) is 5.73 Å². The number of carbonyl (C=O) groups is 1. The third-order valence-corrected chi connectivity index (χ3v) is 2.89. The summed E-state index contributed by atoms with van der Waals surface area (Å²) in [5.74, 6) is -0.783. The predicted octanol–water partition coefficient (Wildman–Crippen LogP) is 3.05. The zero-order valence-electron chi connectivity index (χ0n) is 10.2. The fourth-order valence-electron chi connectivity index (χ4n) is 1.98. The maximum absolute atomic E-state index is 13.0. The van der Waals surface area contributed by atoms with Gasteiger partial charge < -0.3 is 11.5 Å². The molecule has 1 amide bonds. The average Bonchev–Trinajstić information content (AvgIpc) is 2.37. The molecule has 0 heterocycles. The summed E-state index contributed by atoms with van der Waals surface area (Å²) in [5, 5.41) is 0. The summed E-state index contributed by atoms with van der Waals surface area (Å²) in [5.41, 5.74) is 10.1. The molecule has 0 saturated carbocycles. The van der Waals surface area contributed by atoms with Gasteiger partial charge in [-0.2, -0.15) is 13.2 Å². The van der Waals surface area contributed by atoms with Crippen LogP contribution in [0, 0.1) is 0 Å². The van der Waals surface area contributed by atoms with Gasteiger partial charge in [-0.1, -0.05) is 30.3 Å². The highest BCUT2D eigenvalue weighted by molar-refractivity contribution is 6.01. The second-order valence-corrected chi connectivity index (χ2v) is 4.17. The highest BCUT2D eigenvalue weighted by atomic mass is 19.4. The Bertz CT molecular complexity index is 666. The summed E-state index contributed by atoms with van der Waals surface area (Å²) in [6, 6.07) is 9.27. The highest BCUT2D eigenvalue weighted by Gasteiger charge is 2.33. The van der Waals surface area contributed by atoms with Gasteiger partial charge in [-0.3, -0.25) is 4.79 Å². The Morgan fingerprint density at radius 3 is 2.15 bits per heavy atom. The Morgan fingerprint density at radius 1 is 0.950 bits per heavy atom. The number of amides is 1. The molecule has 0 saturated heterocycles. The van der Waals surface area contributed by atoms with Crippen LogP contribution in [-0.2, 0) is 6.18 Å². The van der Waals surface area contributed by atoms with Crippen molar-refractivity contribution in [3.8, 4) is 11.1 Å². The number of benzene rings is 2. The fraction of sp³-hybridized carbons (Fsp3) is 0.0714. The molecule has 0 aromatic heterocycles. The van der Waals surface area contributed by atoms with Gasteiger partial charge in [-0.25, -0.2) is 0 Å². The first-order valence-electron chi connectivity index (χ1n) is 5.67. The molecule has 2 aromatic rings. The molecular formula is C14H11F3N2O. The molecular weight excluding hydrogens is 269 g/mol. The van der Waals surface area contributed by atoms with E-state index in [0.717, 1.165) is 6.07 Å². The van der Waals surface area contributed by atoms with Gasteiger partial charge in [0.15, 0.2) is 0 Å². The summed E-state index contributed by atoms with van der Waals surface area (Å²) < 4.78 is 39.0. The quantitative estimate of drug-likeness (QED) is 0.830. The number of anilines is 1. The van der Waals surface area contributed by atoms with E-state index in [-0.39, 0.29) is 22.4 Å². The van der Waals surface area contributed by atoms with Gasteiger partial charge >= 0.3 is 6.18 Å². The molecule has 0 spiro atoms. The molecule has 6 heteroatoms. The summed E-state index contributed by atoms with van der Waals surface area (Å²) >= 11 is 0. The lowest BCUT2D eigenvalue weighted by Gasteiger charge is -2.15. The Morgan fingerprint density at radius 2 is 1.55 bits per heavy atom. The number of rotatable bonds is 2. The number of hydrogen-bond acceptors (Lipinski definition) is 2. The minimum absolute atomic E-state index is 0.000484. The van der Waals surface area contributed by atoms with E-state index in [1.807, 2.05) is 0 Å². The zero-order valence-corrected chi connectivity index (χ0v) is 10.2. The number of nitrogen functional groups attached to an aromatic ring is 1. The van der Waals surface area contributed by atoms with E-state index in [2.05, 4.69) is 0 Å². The van der Waals surface area contributed by atoms with Gasteiger partial charge in [0.25, 0.3) is 5.91 Å². The van der Waals surface area contributed by atoms with Crippen molar-refractivity contribution >= 4 is 11.6 Å². The SMILES string of the molecule is NC(=O)c1cccc(-c2ccccc2C(F)(F)F)c1N. The van der Waals surface area contributed by atoms with E-state index in [9.17, 15) is 18.0 Å². The monoisotopic (exact) mass is 280 g/mol. The van der Waals surface area contributed by atoms with E-state index in [1.54, 1.807) is 0 Å². The molecule has 2 aromatic carbocycles. The van der Waals surface area contributed by atoms with Gasteiger partial charge in [0.2, 0.25) is 0 Å². The number of para-hydroxylation sites is 1. The van der Waals surface area contributed by atoms with E-state index < -0.39 is 17.6 Å². The Labute approximate surface area is 113 Å². The topological polar surface area (TPSA) is 69.1 Å². The lowest BCUT2D eigenvalue weighted by Crippen LogP contribution is -2.14. The Kier molecular flexibility index (Phi) is 3.40. The van der Waals surface area contributed by atoms with Crippen LogP contribution in [0.15, 0.2) is 42.5 Å². The van der Waals surface area contributed by atoms with Crippen LogP contribution < -0.4 is 11.5 Å². The average molecular weight is 280 g/mol. The lowest BCUT2D eigenvalue weighted by molar-refractivity contribution is -0.137. The smallest absolute Gasteiger partial charge is 0.398 e. The van der Waals surface area contributed by atoms with Gasteiger partial charge in [-0.15, -0.1) is 0 Å². The van der Waals surface area contributed by atoms with Gasteiger partial charge in [0.05, 0.1) is 16.8 Å². The Hall–Kier alpha value is -2.50. The third kappa shape index (κ3) is 2.45. The molecule has 2 rings (SSSR count). The second-order valence-electron chi connectivity index (χ2n) is 4.17. The van der Waals surface area contributed by atoms with Crippen molar-refractivity contribution in [1.82, 2.24) is 0 Å². The van der Waals surface area contributed by atoms with E-state index >= 15 is 0 Å². The summed E-state index contributed by atoms with van der Waals surface area (Å²) in [4.78, 5) is 11.2. The van der Waals surface area contributed by atoms with Crippen molar-refractivity contribution in [2.45, 2.75) is 6.18 Å². The zero-order chi connectivity index (χ0) is 14.9. The minimum Gasteiger partial charge on any atom is -0.398 e. The van der Waals surface area contributed by atoms with Crippen molar-refractivity contribution < 1.29 is 18.0 Å². The molecule has 0 atom stereocenters. The molecule has 0 radical (unpaired) electrons. The standard InChI is InChI=1S/C14H11F3N2O/c15-14(16,17)11-7-2-1-4-8(11)9-5-3-6-10(12(9)18)13(19)20/h1-7H,18H2,(H2,19,20). The number of nitrogens with two attached hydrogens (primary N) is 2. The molecule has 20 heavy (non-hydrogen) atoms. The Balaban J connectivity index is 2.70. The first kappa shape index (κ1) is 13.9. The van der Waals surface area contributed by atoms with Crippen molar-refractivity contribution in [3.63, 3.8) is 0 Å². The van der Waals surface area contributed by atoms with Crippen LogP contribution in [0.1, 0.15) is 15.9 Å². The molecule has 0 bridgehead atoms. The predicted molar refractivity (Wildman–Crippen MR) is 69.8 cm³/mol. The van der Waals surface area contributed by atoms with Crippen LogP contribution in [0.25, 0.3) is 11.1 Å². The van der Waals surface area contributed by atoms with Crippen LogP contribution in [0.3, 0.4) is 0 Å². The van der Waals surface area contributed by atoms with Crippen LogP contribution in [0.2, 0.25) is 0 Å². The molecule has 0 aliphatic carbocycles. The second kappa shape index (κ2) is 4.88.